The number of hydrogen-bond donors (Lipinski definition) is 1. The Bertz CT molecular complexity index is 802. The van der Waals surface area contributed by atoms with Crippen LogP contribution in [-0.4, -0.2) is 26.2 Å². The average molecular weight is 339 g/mol. The van der Waals surface area contributed by atoms with Crippen molar-refractivity contribution in [2.24, 2.45) is 0 Å². The lowest BCUT2D eigenvalue weighted by molar-refractivity contribution is 0.0932. The van der Waals surface area contributed by atoms with Crippen LogP contribution in [0.2, 0.25) is 0 Å². The van der Waals surface area contributed by atoms with Crippen LogP contribution in [0.1, 0.15) is 40.4 Å². The van der Waals surface area contributed by atoms with E-state index in [1.54, 1.807) is 19.2 Å². The topological polar surface area (TPSA) is 56.8 Å². The first-order chi connectivity index (χ1) is 12.2. The highest BCUT2D eigenvalue weighted by Gasteiger charge is 2.26. The minimum absolute atomic E-state index is 0.0155. The Morgan fingerprint density at radius 3 is 2.76 bits per heavy atom. The van der Waals surface area contributed by atoms with E-state index < -0.39 is 0 Å². The minimum atomic E-state index is -0.0911. The lowest BCUT2D eigenvalue weighted by Crippen LogP contribution is -2.31. The molecule has 2 aliphatic rings. The van der Waals surface area contributed by atoms with Gasteiger partial charge in [0.2, 0.25) is 0 Å². The molecule has 0 fully saturated rings. The Morgan fingerprint density at radius 2 is 1.96 bits per heavy atom. The first-order valence-electron chi connectivity index (χ1n) is 8.62. The number of nitrogens with one attached hydrogen (secondary N) is 1. The summed E-state index contributed by atoms with van der Waals surface area (Å²) >= 11 is 0. The number of rotatable bonds is 3. The molecular formula is C20H21NO4. The third-order valence-corrected chi connectivity index (χ3v) is 4.76. The lowest BCUT2D eigenvalue weighted by atomic mass is 9.87. The van der Waals surface area contributed by atoms with E-state index in [4.69, 9.17) is 14.2 Å². The highest BCUT2D eigenvalue weighted by Crippen LogP contribution is 2.39. The summed E-state index contributed by atoms with van der Waals surface area (Å²) in [6.07, 6.45) is 2.95. The van der Waals surface area contributed by atoms with Crippen LogP contribution in [-0.2, 0) is 6.42 Å². The molecule has 0 spiro atoms. The molecule has 25 heavy (non-hydrogen) atoms. The SMILES string of the molecule is COc1cccc(C(=O)NC2CCCc3cc4c(cc32)OCCO4)c1. The fourth-order valence-corrected chi connectivity index (χ4v) is 3.50. The van der Waals surface area contributed by atoms with Crippen molar-refractivity contribution in [2.75, 3.05) is 20.3 Å². The standard InChI is InChI=1S/C20H21NO4/c1-23-15-6-2-5-14(10-15)20(22)21-17-7-3-4-13-11-18-19(12-16(13)17)25-9-8-24-18/h2,5-6,10-12,17H,3-4,7-9H2,1H3,(H,21,22). The maximum atomic E-state index is 12.7. The zero-order chi connectivity index (χ0) is 17.2. The second-order valence-electron chi connectivity index (χ2n) is 6.34. The van der Waals surface area contributed by atoms with Gasteiger partial charge in [0, 0.05) is 5.56 Å². The summed E-state index contributed by atoms with van der Waals surface area (Å²) in [6.45, 7) is 1.15. The highest BCUT2D eigenvalue weighted by molar-refractivity contribution is 5.94. The number of ether oxygens (including phenoxy) is 3. The Hall–Kier alpha value is -2.69. The fraction of sp³-hybridized carbons (Fsp3) is 0.350. The van der Waals surface area contributed by atoms with Crippen molar-refractivity contribution in [1.29, 1.82) is 0 Å². The summed E-state index contributed by atoms with van der Waals surface area (Å²) in [5, 5.41) is 3.16. The van der Waals surface area contributed by atoms with Gasteiger partial charge >= 0.3 is 0 Å². The molecule has 5 heteroatoms. The monoisotopic (exact) mass is 339 g/mol. The predicted octanol–water partition coefficient (Wildman–Crippen LogP) is 3.27. The van der Waals surface area contributed by atoms with Crippen LogP contribution in [0.5, 0.6) is 17.2 Å². The normalized spacial score (nSPS) is 18.2. The van der Waals surface area contributed by atoms with E-state index in [1.165, 1.54) is 5.56 Å². The number of benzene rings is 2. The molecule has 5 nitrogen and oxygen atoms in total. The van der Waals surface area contributed by atoms with Gasteiger partial charge in [-0.2, -0.15) is 0 Å². The summed E-state index contributed by atoms with van der Waals surface area (Å²) in [4.78, 5) is 12.7. The third kappa shape index (κ3) is 3.14. The van der Waals surface area contributed by atoms with Crippen LogP contribution in [0, 0.1) is 0 Å². The summed E-state index contributed by atoms with van der Waals surface area (Å²) < 4.78 is 16.6. The van der Waals surface area contributed by atoms with Gasteiger partial charge in [-0.3, -0.25) is 4.79 Å². The molecule has 1 aliphatic heterocycles. The average Bonchev–Trinajstić information content (AvgIpc) is 2.67. The zero-order valence-corrected chi connectivity index (χ0v) is 14.2. The molecule has 1 aliphatic carbocycles. The van der Waals surface area contributed by atoms with Crippen molar-refractivity contribution in [1.82, 2.24) is 5.32 Å². The molecule has 1 unspecified atom stereocenters. The molecule has 130 valence electrons. The number of carbonyl (C=O) groups excluding carboxylic acids is 1. The molecule has 1 heterocycles. The van der Waals surface area contributed by atoms with Gasteiger partial charge < -0.3 is 19.5 Å². The first-order valence-corrected chi connectivity index (χ1v) is 8.62. The van der Waals surface area contributed by atoms with E-state index in [0.29, 0.717) is 24.5 Å². The minimum Gasteiger partial charge on any atom is -0.497 e. The van der Waals surface area contributed by atoms with Crippen molar-refractivity contribution in [3.63, 3.8) is 0 Å². The van der Waals surface area contributed by atoms with Gasteiger partial charge in [0.25, 0.3) is 5.91 Å². The third-order valence-electron chi connectivity index (χ3n) is 4.76. The summed E-state index contributed by atoms with van der Waals surface area (Å²) in [7, 11) is 1.60. The maximum absolute atomic E-state index is 12.7. The zero-order valence-electron chi connectivity index (χ0n) is 14.2. The molecule has 1 N–H and O–H groups in total. The number of hydrogen-bond acceptors (Lipinski definition) is 4. The molecular weight excluding hydrogens is 318 g/mol. The van der Waals surface area contributed by atoms with Gasteiger partial charge in [-0.25, -0.2) is 0 Å². The van der Waals surface area contributed by atoms with Gasteiger partial charge in [-0.15, -0.1) is 0 Å². The predicted molar refractivity (Wildman–Crippen MR) is 93.6 cm³/mol. The second kappa shape index (κ2) is 6.67. The van der Waals surface area contributed by atoms with E-state index in [2.05, 4.69) is 11.4 Å². The van der Waals surface area contributed by atoms with E-state index >= 15 is 0 Å². The number of aryl methyl sites for hydroxylation is 1. The molecule has 4 rings (SSSR count). The van der Waals surface area contributed by atoms with Crippen LogP contribution in [0.4, 0.5) is 0 Å². The molecule has 1 atom stereocenters. The van der Waals surface area contributed by atoms with Crippen LogP contribution >= 0.6 is 0 Å². The molecule has 0 radical (unpaired) electrons. The quantitative estimate of drug-likeness (QED) is 0.932. The van der Waals surface area contributed by atoms with E-state index in [1.807, 2.05) is 18.2 Å². The smallest absolute Gasteiger partial charge is 0.251 e. The number of methoxy groups -OCH3 is 1. The van der Waals surface area contributed by atoms with Crippen LogP contribution in [0.3, 0.4) is 0 Å². The highest BCUT2D eigenvalue weighted by atomic mass is 16.6. The van der Waals surface area contributed by atoms with E-state index in [-0.39, 0.29) is 11.9 Å². The molecule has 2 aromatic rings. The van der Waals surface area contributed by atoms with Gasteiger partial charge in [0.15, 0.2) is 11.5 Å². The van der Waals surface area contributed by atoms with Crippen molar-refractivity contribution in [2.45, 2.75) is 25.3 Å². The largest absolute Gasteiger partial charge is 0.497 e. The molecule has 1 amide bonds. The van der Waals surface area contributed by atoms with Crippen molar-refractivity contribution in [3.05, 3.63) is 53.1 Å². The summed E-state index contributed by atoms with van der Waals surface area (Å²) in [6, 6.07) is 11.3. The van der Waals surface area contributed by atoms with Gasteiger partial charge in [-0.1, -0.05) is 6.07 Å². The van der Waals surface area contributed by atoms with Crippen molar-refractivity contribution in [3.8, 4) is 17.2 Å². The van der Waals surface area contributed by atoms with Crippen molar-refractivity contribution >= 4 is 5.91 Å². The van der Waals surface area contributed by atoms with Gasteiger partial charge in [0.05, 0.1) is 13.2 Å². The summed E-state index contributed by atoms with van der Waals surface area (Å²) in [5.41, 5.74) is 2.96. The second-order valence-corrected chi connectivity index (χ2v) is 6.34. The Balaban J connectivity index is 1.59. The molecule has 0 bridgehead atoms. The van der Waals surface area contributed by atoms with Gasteiger partial charge in [-0.05, 0) is 60.7 Å². The van der Waals surface area contributed by atoms with Crippen molar-refractivity contribution < 1.29 is 19.0 Å². The lowest BCUT2D eigenvalue weighted by Gasteiger charge is -2.29. The Kier molecular flexibility index (Phi) is 4.22. The van der Waals surface area contributed by atoms with Crippen LogP contribution < -0.4 is 19.5 Å². The molecule has 0 saturated heterocycles. The van der Waals surface area contributed by atoms with E-state index in [9.17, 15) is 4.79 Å². The van der Waals surface area contributed by atoms with Crippen LogP contribution in [0.25, 0.3) is 0 Å². The Morgan fingerprint density at radius 1 is 1.16 bits per heavy atom. The Labute approximate surface area is 146 Å². The molecule has 0 aromatic heterocycles. The number of fused-ring (bicyclic) bond motifs is 2. The number of carbonyl (C=O) groups is 1. The first kappa shape index (κ1) is 15.8. The maximum Gasteiger partial charge on any atom is 0.251 e. The molecule has 2 aromatic carbocycles. The number of amides is 1. The molecule has 0 saturated carbocycles. The van der Waals surface area contributed by atoms with Crippen LogP contribution in [0.15, 0.2) is 36.4 Å². The fourth-order valence-electron chi connectivity index (χ4n) is 3.50. The van der Waals surface area contributed by atoms with E-state index in [0.717, 1.165) is 36.3 Å². The van der Waals surface area contributed by atoms with Gasteiger partial charge in [0.1, 0.15) is 19.0 Å². The summed E-state index contributed by atoms with van der Waals surface area (Å²) in [5.74, 6) is 2.17.